The molecule has 132 valence electrons. The van der Waals surface area contributed by atoms with Gasteiger partial charge < -0.3 is 15.2 Å². The van der Waals surface area contributed by atoms with Gasteiger partial charge in [0.2, 0.25) is 5.91 Å². The summed E-state index contributed by atoms with van der Waals surface area (Å²) in [6.45, 7) is 1.74. The number of carbonyl (C=O) groups excluding carboxylic acids is 1. The van der Waals surface area contributed by atoms with Crippen LogP contribution in [0.1, 0.15) is 30.6 Å². The lowest BCUT2D eigenvalue weighted by molar-refractivity contribution is -0.121. The third kappa shape index (κ3) is 5.72. The van der Waals surface area contributed by atoms with Crippen LogP contribution >= 0.6 is 0 Å². The summed E-state index contributed by atoms with van der Waals surface area (Å²) < 4.78 is 18.2. The van der Waals surface area contributed by atoms with Gasteiger partial charge in [0, 0.05) is 6.42 Å². The minimum atomic E-state index is -0.818. The monoisotopic (exact) mass is 343 g/mol. The van der Waals surface area contributed by atoms with E-state index in [4.69, 9.17) is 4.74 Å². The van der Waals surface area contributed by atoms with Crippen LogP contribution in [-0.4, -0.2) is 24.2 Å². The molecule has 0 aromatic heterocycles. The second-order valence-corrected chi connectivity index (χ2v) is 5.74. The molecule has 0 spiro atoms. The van der Waals surface area contributed by atoms with Crippen molar-refractivity contribution in [3.05, 3.63) is 71.6 Å². The minimum Gasteiger partial charge on any atom is -0.497 e. The van der Waals surface area contributed by atoms with Crippen LogP contribution in [0.3, 0.4) is 0 Å². The number of aliphatic hydroxyl groups is 1. The van der Waals surface area contributed by atoms with Gasteiger partial charge >= 0.3 is 0 Å². The first-order valence-corrected chi connectivity index (χ1v) is 8.03. The van der Waals surface area contributed by atoms with Crippen molar-refractivity contribution in [3.63, 3.8) is 0 Å². The molecule has 25 heavy (non-hydrogen) atoms. The average Bonchev–Trinajstić information content (AvgIpc) is 2.61. The van der Waals surface area contributed by atoms with Crippen molar-refractivity contribution in [1.82, 2.24) is 5.32 Å². The molecule has 2 atom stereocenters. The molecule has 0 saturated heterocycles. The van der Waals surface area contributed by atoms with E-state index in [1.165, 1.54) is 12.1 Å². The van der Waals surface area contributed by atoms with Crippen molar-refractivity contribution >= 4 is 12.0 Å². The van der Waals surface area contributed by atoms with Gasteiger partial charge in [-0.15, -0.1) is 0 Å². The van der Waals surface area contributed by atoms with Gasteiger partial charge in [0.05, 0.1) is 19.3 Å². The highest BCUT2D eigenvalue weighted by atomic mass is 19.1. The molecule has 0 radical (unpaired) electrons. The maximum atomic E-state index is 13.1. The van der Waals surface area contributed by atoms with E-state index >= 15 is 0 Å². The first-order chi connectivity index (χ1) is 12.0. The number of amides is 1. The zero-order chi connectivity index (χ0) is 18.2. The number of benzene rings is 2. The molecule has 0 aliphatic heterocycles. The van der Waals surface area contributed by atoms with Gasteiger partial charge in [0.1, 0.15) is 11.6 Å². The van der Waals surface area contributed by atoms with Crippen molar-refractivity contribution in [3.8, 4) is 5.75 Å². The van der Waals surface area contributed by atoms with E-state index in [0.29, 0.717) is 16.9 Å². The highest BCUT2D eigenvalue weighted by Crippen LogP contribution is 2.20. The molecule has 2 rings (SSSR count). The number of halogens is 1. The highest BCUT2D eigenvalue weighted by Gasteiger charge is 2.17. The number of hydrogen-bond donors (Lipinski definition) is 2. The van der Waals surface area contributed by atoms with Crippen molar-refractivity contribution in [1.29, 1.82) is 0 Å². The molecule has 2 aromatic rings. The Kier molecular flexibility index (Phi) is 6.71. The van der Waals surface area contributed by atoms with Crippen LogP contribution in [0.2, 0.25) is 0 Å². The van der Waals surface area contributed by atoms with Crippen LogP contribution < -0.4 is 10.1 Å². The Balaban J connectivity index is 1.86. The quantitative estimate of drug-likeness (QED) is 0.809. The van der Waals surface area contributed by atoms with Crippen LogP contribution in [0, 0.1) is 5.82 Å². The van der Waals surface area contributed by atoms with Gasteiger partial charge in [-0.3, -0.25) is 4.79 Å². The molecule has 0 fully saturated rings. The summed E-state index contributed by atoms with van der Waals surface area (Å²) in [6, 6.07) is 12.7. The third-order valence-corrected chi connectivity index (χ3v) is 3.78. The first kappa shape index (κ1) is 18.7. The number of aliphatic hydroxyl groups excluding tert-OH is 1. The Hall–Kier alpha value is -2.66. The highest BCUT2D eigenvalue weighted by molar-refractivity contribution is 5.78. The predicted molar refractivity (Wildman–Crippen MR) is 95.6 cm³/mol. The number of nitrogens with one attached hydrogen (secondary N) is 1. The van der Waals surface area contributed by atoms with Gasteiger partial charge in [0.25, 0.3) is 0 Å². The van der Waals surface area contributed by atoms with Crippen LogP contribution in [0.15, 0.2) is 54.6 Å². The number of methoxy groups -OCH3 is 1. The van der Waals surface area contributed by atoms with E-state index < -0.39 is 12.1 Å². The smallest absolute Gasteiger partial charge is 0.224 e. The zero-order valence-corrected chi connectivity index (χ0v) is 14.3. The third-order valence-electron chi connectivity index (χ3n) is 3.78. The van der Waals surface area contributed by atoms with Gasteiger partial charge in [-0.05, 0) is 42.3 Å². The van der Waals surface area contributed by atoms with Gasteiger partial charge in [-0.2, -0.15) is 0 Å². The molecule has 5 heteroatoms. The summed E-state index contributed by atoms with van der Waals surface area (Å²) in [5, 5.41) is 13.1. The molecule has 0 aliphatic rings. The summed E-state index contributed by atoms with van der Waals surface area (Å²) in [6.07, 6.45) is 2.68. The predicted octanol–water partition coefficient (Wildman–Crippen LogP) is 3.48. The molecule has 2 unspecified atom stereocenters. The second kappa shape index (κ2) is 8.99. The standard InChI is InChI=1S/C20H22FNO3/c1-14(20(24)16-9-11-18(25-2)12-10-16)22-19(23)8-4-6-15-5-3-7-17(21)13-15/h3-7,9-14,20,24H,8H2,1-2H3,(H,22,23)/b6-4+. The van der Waals surface area contributed by atoms with Crippen LogP contribution in [0.25, 0.3) is 6.08 Å². The number of hydrogen-bond acceptors (Lipinski definition) is 3. The maximum Gasteiger partial charge on any atom is 0.224 e. The molecule has 0 aliphatic carbocycles. The fourth-order valence-corrected chi connectivity index (χ4v) is 2.39. The van der Waals surface area contributed by atoms with Crippen LogP contribution in [-0.2, 0) is 4.79 Å². The minimum absolute atomic E-state index is 0.149. The summed E-state index contributed by atoms with van der Waals surface area (Å²) in [5.41, 5.74) is 1.39. The summed E-state index contributed by atoms with van der Waals surface area (Å²) in [4.78, 5) is 12.0. The molecule has 4 nitrogen and oxygen atoms in total. The molecule has 2 aromatic carbocycles. The Morgan fingerprint density at radius 2 is 2.00 bits per heavy atom. The fourth-order valence-electron chi connectivity index (χ4n) is 2.39. The topological polar surface area (TPSA) is 58.6 Å². The lowest BCUT2D eigenvalue weighted by Gasteiger charge is -2.20. The maximum absolute atomic E-state index is 13.1. The SMILES string of the molecule is COc1ccc(C(O)C(C)NC(=O)C/C=C/c2cccc(F)c2)cc1. The first-order valence-electron chi connectivity index (χ1n) is 8.03. The van der Waals surface area contributed by atoms with Crippen molar-refractivity contribution in [2.24, 2.45) is 0 Å². The zero-order valence-electron chi connectivity index (χ0n) is 14.3. The lowest BCUT2D eigenvalue weighted by atomic mass is 10.0. The largest absolute Gasteiger partial charge is 0.497 e. The summed E-state index contributed by atoms with van der Waals surface area (Å²) >= 11 is 0. The van der Waals surface area contributed by atoms with E-state index in [0.717, 1.165) is 0 Å². The van der Waals surface area contributed by atoms with Crippen molar-refractivity contribution < 1.29 is 19.0 Å². The van der Waals surface area contributed by atoms with Crippen LogP contribution in [0.5, 0.6) is 5.75 Å². The molecule has 0 bridgehead atoms. The summed E-state index contributed by atoms with van der Waals surface area (Å²) in [7, 11) is 1.58. The Morgan fingerprint density at radius 1 is 1.28 bits per heavy atom. The Labute approximate surface area is 147 Å². The van der Waals surface area contributed by atoms with Crippen LogP contribution in [0.4, 0.5) is 4.39 Å². The van der Waals surface area contributed by atoms with E-state index in [1.807, 2.05) is 0 Å². The van der Waals surface area contributed by atoms with Gasteiger partial charge in [0.15, 0.2) is 0 Å². The normalized spacial score (nSPS) is 13.4. The van der Waals surface area contributed by atoms with Gasteiger partial charge in [-0.25, -0.2) is 4.39 Å². The number of rotatable bonds is 7. The fraction of sp³-hybridized carbons (Fsp3) is 0.250. The lowest BCUT2D eigenvalue weighted by Crippen LogP contribution is -2.36. The number of carbonyl (C=O) groups is 1. The molecular weight excluding hydrogens is 321 g/mol. The van der Waals surface area contributed by atoms with E-state index in [2.05, 4.69) is 5.32 Å². The molecule has 1 amide bonds. The molecular formula is C20H22FNO3. The van der Waals surface area contributed by atoms with Crippen molar-refractivity contribution in [2.45, 2.75) is 25.5 Å². The summed E-state index contributed by atoms with van der Waals surface area (Å²) in [5.74, 6) is 0.172. The Bertz CT molecular complexity index is 728. The number of ether oxygens (including phenoxy) is 1. The molecule has 0 saturated carbocycles. The van der Waals surface area contributed by atoms with E-state index in [9.17, 15) is 14.3 Å². The van der Waals surface area contributed by atoms with Gasteiger partial charge in [-0.1, -0.05) is 36.4 Å². The van der Waals surface area contributed by atoms with E-state index in [-0.39, 0.29) is 18.1 Å². The average molecular weight is 343 g/mol. The second-order valence-electron chi connectivity index (χ2n) is 5.74. The van der Waals surface area contributed by atoms with E-state index in [1.54, 1.807) is 62.6 Å². The van der Waals surface area contributed by atoms with Crippen molar-refractivity contribution in [2.75, 3.05) is 7.11 Å². The molecule has 0 heterocycles. The molecule has 2 N–H and O–H groups in total. The Morgan fingerprint density at radius 3 is 2.64 bits per heavy atom.